The summed E-state index contributed by atoms with van der Waals surface area (Å²) >= 11 is 0. The number of hydrogen-bond acceptors (Lipinski definition) is 2. The van der Waals surface area contributed by atoms with E-state index in [4.69, 9.17) is 5.73 Å². The first-order valence-electron chi connectivity index (χ1n) is 4.80. The Balaban J connectivity index is 3.05. The molecule has 0 aliphatic carbocycles. The van der Waals surface area contributed by atoms with Crippen LogP contribution in [0, 0.1) is 6.92 Å². The van der Waals surface area contributed by atoms with E-state index in [0.717, 1.165) is 12.2 Å². The fraction of sp³-hybridized carbons (Fsp3) is 0.700. The molecule has 0 saturated heterocycles. The van der Waals surface area contributed by atoms with Crippen molar-refractivity contribution in [3.63, 3.8) is 0 Å². The van der Waals surface area contributed by atoms with Crippen molar-refractivity contribution in [2.75, 3.05) is 6.54 Å². The molecule has 1 aromatic rings. The zero-order valence-corrected chi connectivity index (χ0v) is 8.96. The summed E-state index contributed by atoms with van der Waals surface area (Å²) in [4.78, 5) is 4.58. The van der Waals surface area contributed by atoms with Crippen LogP contribution in [0.2, 0.25) is 0 Å². The Kier molecular flexibility index (Phi) is 3.09. The minimum atomic E-state index is 0.498. The highest BCUT2D eigenvalue weighted by molar-refractivity contribution is 5.18. The van der Waals surface area contributed by atoms with Gasteiger partial charge < -0.3 is 10.3 Å². The highest BCUT2D eigenvalue weighted by Crippen LogP contribution is 2.18. The number of nitrogens with zero attached hydrogens (tertiary/aromatic N) is 2. The van der Waals surface area contributed by atoms with Gasteiger partial charge in [-0.25, -0.2) is 4.98 Å². The topological polar surface area (TPSA) is 43.8 Å². The van der Waals surface area contributed by atoms with Crippen LogP contribution in [0.4, 0.5) is 0 Å². The maximum Gasteiger partial charge on any atom is 0.110 e. The van der Waals surface area contributed by atoms with Crippen molar-refractivity contribution in [1.29, 1.82) is 0 Å². The number of hydrogen-bond donors (Lipinski definition) is 1. The molecule has 0 aliphatic heterocycles. The number of nitrogens with two attached hydrogens (primary N) is 1. The van der Waals surface area contributed by atoms with Crippen LogP contribution >= 0.6 is 0 Å². The Morgan fingerprint density at radius 2 is 2.08 bits per heavy atom. The van der Waals surface area contributed by atoms with Crippen LogP contribution in [0.5, 0.6) is 0 Å². The van der Waals surface area contributed by atoms with Gasteiger partial charge in [0.1, 0.15) is 5.82 Å². The van der Waals surface area contributed by atoms with E-state index in [1.807, 2.05) is 0 Å². The molecule has 0 atom stereocenters. The van der Waals surface area contributed by atoms with Crippen LogP contribution in [0.25, 0.3) is 0 Å². The first-order valence-corrected chi connectivity index (χ1v) is 4.80. The average molecular weight is 181 g/mol. The Bertz CT molecular complexity index is 287. The Morgan fingerprint density at radius 3 is 2.46 bits per heavy atom. The molecule has 0 bridgehead atoms. The minimum Gasteiger partial charge on any atom is -0.335 e. The van der Waals surface area contributed by atoms with Crippen molar-refractivity contribution in [3.8, 4) is 0 Å². The molecule has 1 rings (SSSR count). The van der Waals surface area contributed by atoms with E-state index in [1.165, 1.54) is 11.4 Å². The average Bonchev–Trinajstić information content (AvgIpc) is 2.33. The molecule has 2 N–H and O–H groups in total. The third kappa shape index (κ3) is 1.91. The molecule has 0 unspecified atom stereocenters. The van der Waals surface area contributed by atoms with E-state index in [0.29, 0.717) is 12.5 Å². The first kappa shape index (κ1) is 10.3. The maximum absolute atomic E-state index is 5.51. The van der Waals surface area contributed by atoms with E-state index in [1.54, 1.807) is 0 Å². The summed E-state index contributed by atoms with van der Waals surface area (Å²) in [6.07, 6.45) is 0.865. The van der Waals surface area contributed by atoms with Gasteiger partial charge in [0.15, 0.2) is 0 Å². The van der Waals surface area contributed by atoms with Gasteiger partial charge in [-0.05, 0) is 19.4 Å². The van der Waals surface area contributed by atoms with Crippen LogP contribution in [0.15, 0.2) is 0 Å². The van der Waals surface area contributed by atoms with Gasteiger partial charge >= 0.3 is 0 Å². The van der Waals surface area contributed by atoms with Crippen LogP contribution < -0.4 is 5.73 Å². The zero-order valence-electron chi connectivity index (χ0n) is 8.96. The molecule has 0 aromatic carbocycles. The molecule has 1 heterocycles. The largest absolute Gasteiger partial charge is 0.335 e. The fourth-order valence-corrected chi connectivity index (χ4v) is 1.56. The minimum absolute atomic E-state index is 0.498. The molecule has 0 fully saturated rings. The Labute approximate surface area is 80.0 Å². The van der Waals surface area contributed by atoms with Gasteiger partial charge in [-0.1, -0.05) is 13.8 Å². The molecular formula is C10H19N3. The monoisotopic (exact) mass is 181 g/mol. The van der Waals surface area contributed by atoms with Crippen molar-refractivity contribution in [1.82, 2.24) is 9.55 Å². The van der Waals surface area contributed by atoms with Crippen LogP contribution in [-0.2, 0) is 13.5 Å². The van der Waals surface area contributed by atoms with Gasteiger partial charge in [0.05, 0.1) is 5.69 Å². The van der Waals surface area contributed by atoms with Gasteiger partial charge in [0.2, 0.25) is 0 Å². The molecule has 1 aromatic heterocycles. The molecule has 0 radical (unpaired) electrons. The molecule has 0 saturated carbocycles. The third-order valence-electron chi connectivity index (χ3n) is 2.43. The number of rotatable bonds is 3. The number of aromatic nitrogens is 2. The Morgan fingerprint density at radius 1 is 1.46 bits per heavy atom. The number of imidazole rings is 1. The standard InChI is InChI=1S/C10H19N3/c1-7(2)10-8(3)13(4)9(12-10)5-6-11/h7H,5-6,11H2,1-4H3. The lowest BCUT2D eigenvalue weighted by molar-refractivity contribution is 0.761. The van der Waals surface area contributed by atoms with Gasteiger partial charge in [0.25, 0.3) is 0 Å². The van der Waals surface area contributed by atoms with E-state index in [-0.39, 0.29) is 0 Å². The molecule has 3 heteroatoms. The van der Waals surface area contributed by atoms with Crippen LogP contribution in [0.3, 0.4) is 0 Å². The van der Waals surface area contributed by atoms with Gasteiger partial charge in [-0.3, -0.25) is 0 Å². The van der Waals surface area contributed by atoms with Crippen molar-refractivity contribution >= 4 is 0 Å². The van der Waals surface area contributed by atoms with Gasteiger partial charge in [0, 0.05) is 19.2 Å². The molecule has 74 valence electrons. The Hall–Kier alpha value is -0.830. The second-order valence-electron chi connectivity index (χ2n) is 3.75. The predicted octanol–water partition coefficient (Wildman–Crippen LogP) is 1.35. The lowest BCUT2D eigenvalue weighted by Crippen LogP contribution is -2.08. The quantitative estimate of drug-likeness (QED) is 0.765. The summed E-state index contributed by atoms with van der Waals surface area (Å²) in [7, 11) is 2.05. The summed E-state index contributed by atoms with van der Waals surface area (Å²) in [5.41, 5.74) is 7.97. The summed E-state index contributed by atoms with van der Waals surface area (Å²) in [5, 5.41) is 0. The molecule has 3 nitrogen and oxygen atoms in total. The van der Waals surface area contributed by atoms with Crippen molar-refractivity contribution in [2.24, 2.45) is 12.8 Å². The van der Waals surface area contributed by atoms with Gasteiger partial charge in [-0.15, -0.1) is 0 Å². The molecule has 0 spiro atoms. The van der Waals surface area contributed by atoms with Crippen molar-refractivity contribution in [2.45, 2.75) is 33.1 Å². The highest BCUT2D eigenvalue weighted by Gasteiger charge is 2.12. The van der Waals surface area contributed by atoms with Crippen molar-refractivity contribution < 1.29 is 0 Å². The van der Waals surface area contributed by atoms with E-state index >= 15 is 0 Å². The summed E-state index contributed by atoms with van der Waals surface area (Å²) < 4.78 is 2.14. The van der Waals surface area contributed by atoms with Crippen LogP contribution in [-0.4, -0.2) is 16.1 Å². The third-order valence-corrected chi connectivity index (χ3v) is 2.43. The maximum atomic E-state index is 5.51. The second-order valence-corrected chi connectivity index (χ2v) is 3.75. The highest BCUT2D eigenvalue weighted by atomic mass is 15.1. The van der Waals surface area contributed by atoms with Crippen molar-refractivity contribution in [3.05, 3.63) is 17.2 Å². The molecule has 0 aliphatic rings. The zero-order chi connectivity index (χ0) is 10.0. The van der Waals surface area contributed by atoms with Gasteiger partial charge in [-0.2, -0.15) is 0 Å². The predicted molar refractivity (Wildman–Crippen MR) is 54.8 cm³/mol. The van der Waals surface area contributed by atoms with Crippen LogP contribution in [0.1, 0.15) is 37.0 Å². The molecule has 0 amide bonds. The lowest BCUT2D eigenvalue weighted by atomic mass is 10.1. The molecule has 13 heavy (non-hydrogen) atoms. The molecular weight excluding hydrogens is 162 g/mol. The fourth-order valence-electron chi connectivity index (χ4n) is 1.56. The van der Waals surface area contributed by atoms with E-state index in [9.17, 15) is 0 Å². The smallest absolute Gasteiger partial charge is 0.110 e. The van der Waals surface area contributed by atoms with E-state index < -0.39 is 0 Å². The summed E-state index contributed by atoms with van der Waals surface area (Å²) in [6, 6.07) is 0. The first-order chi connectivity index (χ1) is 6.07. The SMILES string of the molecule is Cc1c(C(C)C)nc(CCN)n1C. The van der Waals surface area contributed by atoms with E-state index in [2.05, 4.69) is 37.4 Å². The summed E-state index contributed by atoms with van der Waals surface area (Å²) in [5.74, 6) is 1.60. The normalized spacial score (nSPS) is 11.2. The lowest BCUT2D eigenvalue weighted by Gasteiger charge is -2.02. The second kappa shape index (κ2) is 3.92. The summed E-state index contributed by atoms with van der Waals surface area (Å²) in [6.45, 7) is 7.12.